The van der Waals surface area contributed by atoms with Crippen molar-refractivity contribution in [1.29, 1.82) is 0 Å². The molecule has 5 nitrogen and oxygen atoms in total. The molecule has 1 saturated heterocycles. The molecule has 22 heavy (non-hydrogen) atoms. The van der Waals surface area contributed by atoms with E-state index in [-0.39, 0.29) is 11.8 Å². The topological polar surface area (TPSA) is 79.0 Å². The molecule has 1 aromatic rings. The summed E-state index contributed by atoms with van der Waals surface area (Å²) < 4.78 is 6.07. The SMILES string of the molecule is CN1CC[C@]23c4c5ccc(O)c4O[C@H]2[C@H](O)C=C[C@@]3(N)[C@H]1C5. The number of likely N-dealkylation sites (tertiary alicyclic amines) is 1. The quantitative estimate of drug-likeness (QED) is 0.600. The van der Waals surface area contributed by atoms with Crippen molar-refractivity contribution in [2.24, 2.45) is 5.73 Å². The zero-order chi connectivity index (χ0) is 15.3. The Bertz CT molecular complexity index is 718. The monoisotopic (exact) mass is 300 g/mol. The number of aromatic hydroxyl groups is 1. The number of likely N-dealkylation sites (N-methyl/N-ethyl adjacent to an activating group) is 1. The third-order valence-electron chi connectivity index (χ3n) is 6.41. The minimum atomic E-state index is -0.696. The van der Waals surface area contributed by atoms with Gasteiger partial charge in [-0.3, -0.25) is 0 Å². The fourth-order valence-corrected chi connectivity index (χ4v) is 5.39. The first-order chi connectivity index (χ1) is 10.5. The Labute approximate surface area is 129 Å². The molecule has 2 aliphatic carbocycles. The zero-order valence-electron chi connectivity index (χ0n) is 12.5. The summed E-state index contributed by atoms with van der Waals surface area (Å²) in [5, 5.41) is 20.8. The van der Waals surface area contributed by atoms with Crippen LogP contribution in [0.25, 0.3) is 0 Å². The Morgan fingerprint density at radius 1 is 1.41 bits per heavy atom. The number of nitrogens with zero attached hydrogens (tertiary/aromatic N) is 1. The Kier molecular flexibility index (Phi) is 2.16. The molecule has 4 N–H and O–H groups in total. The molecule has 2 aliphatic heterocycles. The molecule has 0 radical (unpaired) electrons. The van der Waals surface area contributed by atoms with Crippen molar-refractivity contribution in [1.82, 2.24) is 4.90 Å². The highest BCUT2D eigenvalue weighted by Gasteiger charge is 2.70. The van der Waals surface area contributed by atoms with Gasteiger partial charge in [0.2, 0.25) is 0 Å². The highest BCUT2D eigenvalue weighted by Crippen LogP contribution is 2.62. The van der Waals surface area contributed by atoms with Crippen LogP contribution in [-0.2, 0) is 11.8 Å². The molecular weight excluding hydrogens is 280 g/mol. The Balaban J connectivity index is 1.89. The number of phenolic OH excluding ortho intramolecular Hbond substituents is 1. The van der Waals surface area contributed by atoms with Crippen molar-refractivity contribution >= 4 is 0 Å². The van der Waals surface area contributed by atoms with E-state index in [0.29, 0.717) is 5.75 Å². The first kappa shape index (κ1) is 12.9. The fraction of sp³-hybridized carbons (Fsp3) is 0.529. The van der Waals surface area contributed by atoms with Gasteiger partial charge in [0.05, 0.1) is 11.0 Å². The van der Waals surface area contributed by atoms with Crippen LogP contribution in [0.15, 0.2) is 24.3 Å². The first-order valence-electron chi connectivity index (χ1n) is 7.87. The zero-order valence-corrected chi connectivity index (χ0v) is 12.5. The average molecular weight is 300 g/mol. The van der Waals surface area contributed by atoms with Crippen molar-refractivity contribution in [3.05, 3.63) is 35.4 Å². The van der Waals surface area contributed by atoms with E-state index < -0.39 is 23.2 Å². The second-order valence-corrected chi connectivity index (χ2v) is 7.19. The highest BCUT2D eigenvalue weighted by molar-refractivity contribution is 5.64. The molecule has 5 rings (SSSR count). The number of hydrogen-bond acceptors (Lipinski definition) is 5. The van der Waals surface area contributed by atoms with Crippen LogP contribution in [0.4, 0.5) is 0 Å². The van der Waals surface area contributed by atoms with E-state index in [4.69, 9.17) is 10.5 Å². The van der Waals surface area contributed by atoms with Gasteiger partial charge in [-0.1, -0.05) is 18.2 Å². The summed E-state index contributed by atoms with van der Waals surface area (Å²) in [6, 6.07) is 3.86. The minimum absolute atomic E-state index is 0.148. The van der Waals surface area contributed by atoms with Gasteiger partial charge in [0.1, 0.15) is 12.2 Å². The molecule has 0 amide bonds. The van der Waals surface area contributed by atoms with Gasteiger partial charge in [-0.15, -0.1) is 0 Å². The van der Waals surface area contributed by atoms with Gasteiger partial charge < -0.3 is 25.6 Å². The summed E-state index contributed by atoms with van der Waals surface area (Å²) >= 11 is 0. The number of aliphatic hydroxyl groups is 1. The molecule has 5 heteroatoms. The van der Waals surface area contributed by atoms with E-state index in [1.807, 2.05) is 12.1 Å². The van der Waals surface area contributed by atoms with Gasteiger partial charge in [0.15, 0.2) is 11.5 Å². The van der Waals surface area contributed by atoms with Crippen LogP contribution >= 0.6 is 0 Å². The largest absolute Gasteiger partial charge is 0.504 e. The summed E-state index contributed by atoms with van der Waals surface area (Å²) in [6.45, 7) is 0.915. The number of hydrogen-bond donors (Lipinski definition) is 3. The van der Waals surface area contributed by atoms with Gasteiger partial charge in [0.25, 0.3) is 0 Å². The maximum atomic E-state index is 10.5. The molecule has 4 aliphatic rings. The van der Waals surface area contributed by atoms with Crippen LogP contribution in [0.3, 0.4) is 0 Å². The maximum absolute atomic E-state index is 10.5. The highest BCUT2D eigenvalue weighted by atomic mass is 16.5. The number of ether oxygens (including phenoxy) is 1. The third kappa shape index (κ3) is 1.13. The molecule has 1 spiro atoms. The fourth-order valence-electron chi connectivity index (χ4n) is 5.39. The lowest BCUT2D eigenvalue weighted by Crippen LogP contribution is -2.78. The summed E-state index contributed by atoms with van der Waals surface area (Å²) in [5.41, 5.74) is 8.15. The molecule has 5 atom stereocenters. The first-order valence-corrected chi connectivity index (χ1v) is 7.87. The predicted molar refractivity (Wildman–Crippen MR) is 81.0 cm³/mol. The van der Waals surface area contributed by atoms with Gasteiger partial charge in [-0.05, 0) is 38.1 Å². The van der Waals surface area contributed by atoms with Gasteiger partial charge in [0, 0.05) is 11.6 Å². The standard InChI is InChI=1S/C17H20N2O3/c1-19-7-6-16-13-9-2-3-10(20)14(13)22-15(16)11(21)4-5-17(16,18)12(19)8-9/h2-5,11-12,15,20-21H,6-8,18H2,1H3/t11-,12-,15+,16+,17-/m1/s1. The lowest BCUT2D eigenvalue weighted by molar-refractivity contribution is -0.0580. The van der Waals surface area contributed by atoms with Crippen molar-refractivity contribution in [3.8, 4) is 11.5 Å². The summed E-state index contributed by atoms with van der Waals surface area (Å²) in [7, 11) is 2.11. The van der Waals surface area contributed by atoms with Gasteiger partial charge in [-0.2, -0.15) is 0 Å². The smallest absolute Gasteiger partial charge is 0.165 e. The van der Waals surface area contributed by atoms with Crippen LogP contribution in [-0.4, -0.2) is 52.5 Å². The van der Waals surface area contributed by atoms with E-state index in [1.165, 1.54) is 5.56 Å². The third-order valence-corrected chi connectivity index (χ3v) is 6.41. The van der Waals surface area contributed by atoms with E-state index in [1.54, 1.807) is 12.1 Å². The van der Waals surface area contributed by atoms with Crippen LogP contribution in [0.2, 0.25) is 0 Å². The number of aliphatic hydroxyl groups excluding tert-OH is 1. The van der Waals surface area contributed by atoms with Crippen molar-refractivity contribution in [2.75, 3.05) is 13.6 Å². The molecule has 1 aromatic carbocycles. The summed E-state index contributed by atoms with van der Waals surface area (Å²) in [4.78, 5) is 2.32. The normalized spacial score (nSPS) is 44.6. The molecule has 0 saturated carbocycles. The van der Waals surface area contributed by atoms with Crippen molar-refractivity contribution < 1.29 is 14.9 Å². The van der Waals surface area contributed by atoms with E-state index in [2.05, 4.69) is 11.9 Å². The molecular formula is C17H20N2O3. The van der Waals surface area contributed by atoms with E-state index in [9.17, 15) is 10.2 Å². The van der Waals surface area contributed by atoms with Crippen molar-refractivity contribution in [3.63, 3.8) is 0 Å². The molecule has 116 valence electrons. The average Bonchev–Trinajstić information content (AvgIpc) is 2.85. The van der Waals surface area contributed by atoms with Gasteiger partial charge in [-0.25, -0.2) is 0 Å². The molecule has 0 aromatic heterocycles. The number of rotatable bonds is 0. The molecule has 2 bridgehead atoms. The second kappa shape index (κ2) is 3.67. The van der Waals surface area contributed by atoms with E-state index in [0.717, 1.165) is 24.9 Å². The number of nitrogens with two attached hydrogens (primary N) is 1. The summed E-state index contributed by atoms with van der Waals surface area (Å²) in [5.74, 6) is 0.678. The predicted octanol–water partition coefficient (Wildman–Crippen LogP) is 0.279. The van der Waals surface area contributed by atoms with Crippen molar-refractivity contribution in [2.45, 2.75) is 42.0 Å². The number of phenols is 1. The van der Waals surface area contributed by atoms with Crippen LogP contribution < -0.4 is 10.5 Å². The Morgan fingerprint density at radius 3 is 3.05 bits per heavy atom. The maximum Gasteiger partial charge on any atom is 0.165 e. The second-order valence-electron chi connectivity index (χ2n) is 7.19. The lowest BCUT2D eigenvalue weighted by Gasteiger charge is -2.62. The van der Waals surface area contributed by atoms with Crippen LogP contribution in [0, 0.1) is 0 Å². The minimum Gasteiger partial charge on any atom is -0.504 e. The van der Waals surface area contributed by atoms with Crippen LogP contribution in [0.5, 0.6) is 11.5 Å². The summed E-state index contributed by atoms with van der Waals surface area (Å²) in [6.07, 6.45) is 4.31. The Morgan fingerprint density at radius 2 is 2.23 bits per heavy atom. The molecule has 2 heterocycles. The number of benzene rings is 1. The molecule has 1 fully saturated rings. The van der Waals surface area contributed by atoms with Crippen LogP contribution in [0.1, 0.15) is 17.5 Å². The lowest BCUT2D eigenvalue weighted by atomic mass is 9.49. The molecule has 0 unspecified atom stereocenters. The Hall–Kier alpha value is -1.56. The number of piperidine rings is 1. The van der Waals surface area contributed by atoms with Gasteiger partial charge >= 0.3 is 0 Å². The van der Waals surface area contributed by atoms with E-state index >= 15 is 0 Å².